The molecule has 2 aromatic rings. The second-order valence-corrected chi connectivity index (χ2v) is 4.69. The number of benzene rings is 1. The molecule has 0 aliphatic carbocycles. The Balaban J connectivity index is 2.69. The van der Waals surface area contributed by atoms with Gasteiger partial charge in [-0.3, -0.25) is 0 Å². The lowest BCUT2D eigenvalue weighted by Crippen LogP contribution is -1.99. The highest BCUT2D eigenvalue weighted by atomic mass is 32.1. The van der Waals surface area contributed by atoms with Crippen molar-refractivity contribution in [1.82, 2.24) is 4.98 Å². The van der Waals surface area contributed by atoms with Crippen molar-refractivity contribution in [3.63, 3.8) is 0 Å². The summed E-state index contributed by atoms with van der Waals surface area (Å²) in [5, 5.41) is 8.94. The summed E-state index contributed by atoms with van der Waals surface area (Å²) in [5.74, 6) is -1.61. The van der Waals surface area contributed by atoms with Crippen molar-refractivity contribution in [2.75, 3.05) is 0 Å². The maximum absolute atomic E-state index is 13.5. The number of aromatic amines is 1. The lowest BCUT2D eigenvalue weighted by atomic mass is 10.1. The quantitative estimate of drug-likeness (QED) is 0.809. The fourth-order valence-electron chi connectivity index (χ4n) is 1.31. The van der Waals surface area contributed by atoms with Gasteiger partial charge in [0.05, 0.1) is 4.88 Å². The second-order valence-electron chi connectivity index (χ2n) is 3.00. The van der Waals surface area contributed by atoms with Crippen LogP contribution in [0.3, 0.4) is 0 Å². The van der Waals surface area contributed by atoms with Crippen LogP contribution in [-0.2, 0) is 0 Å². The third-order valence-electron chi connectivity index (χ3n) is 1.98. The summed E-state index contributed by atoms with van der Waals surface area (Å²) in [6.45, 7) is 0. The van der Waals surface area contributed by atoms with E-state index in [0.717, 1.165) is 11.3 Å². The second kappa shape index (κ2) is 4.15. The molecule has 1 aromatic carbocycles. The van der Waals surface area contributed by atoms with Crippen molar-refractivity contribution in [1.29, 1.82) is 0 Å². The molecule has 0 atom stereocenters. The smallest absolute Gasteiger partial charge is 0.353 e. The summed E-state index contributed by atoms with van der Waals surface area (Å²) in [6, 6.07) is 6.00. The zero-order valence-corrected chi connectivity index (χ0v) is 9.49. The lowest BCUT2D eigenvalue weighted by molar-refractivity contribution is 0.0692. The van der Waals surface area contributed by atoms with Gasteiger partial charge >= 0.3 is 5.97 Å². The minimum atomic E-state index is -1.15. The van der Waals surface area contributed by atoms with Gasteiger partial charge in [0.25, 0.3) is 0 Å². The highest BCUT2D eigenvalue weighted by Crippen LogP contribution is 2.30. The van der Waals surface area contributed by atoms with E-state index < -0.39 is 11.8 Å². The van der Waals surface area contributed by atoms with E-state index in [1.807, 2.05) is 0 Å². The van der Waals surface area contributed by atoms with E-state index in [0.29, 0.717) is 8.83 Å². The summed E-state index contributed by atoms with van der Waals surface area (Å²) in [6.07, 6.45) is 0. The molecule has 3 nitrogen and oxygen atoms in total. The van der Waals surface area contributed by atoms with Gasteiger partial charge < -0.3 is 10.1 Å². The van der Waals surface area contributed by atoms with Crippen molar-refractivity contribution in [2.24, 2.45) is 0 Å². The average molecular weight is 255 g/mol. The number of hydrogen-bond acceptors (Lipinski definition) is 3. The largest absolute Gasteiger partial charge is 0.477 e. The fraction of sp³-hybridized carbons (Fsp3) is 0. The molecule has 16 heavy (non-hydrogen) atoms. The van der Waals surface area contributed by atoms with E-state index in [1.54, 1.807) is 12.1 Å². The van der Waals surface area contributed by atoms with Crippen molar-refractivity contribution in [3.05, 3.63) is 39.7 Å². The van der Waals surface area contributed by atoms with E-state index >= 15 is 0 Å². The number of carbonyl (C=O) groups is 1. The molecule has 82 valence electrons. The van der Waals surface area contributed by atoms with E-state index in [4.69, 9.17) is 17.3 Å². The Morgan fingerprint density at radius 3 is 2.75 bits per heavy atom. The number of hydrogen-bond donors (Lipinski definition) is 2. The van der Waals surface area contributed by atoms with Gasteiger partial charge in [-0.1, -0.05) is 18.2 Å². The Kier molecular flexibility index (Phi) is 2.84. The van der Waals surface area contributed by atoms with Crippen LogP contribution in [0.15, 0.2) is 24.3 Å². The van der Waals surface area contributed by atoms with Crippen molar-refractivity contribution < 1.29 is 14.3 Å². The number of nitrogens with one attached hydrogen (secondary N) is 1. The normalized spacial score (nSPS) is 10.3. The minimum absolute atomic E-state index is 0.0694. The molecule has 2 N–H and O–H groups in total. The standard InChI is InChI=1S/C10H6FNO2S2/c11-6-4-2-1-3-5(6)8-7(9(13)14)12-10(15)16-8/h1-4H,(H,12,15)(H,13,14). The molecule has 0 saturated heterocycles. The first-order chi connectivity index (χ1) is 7.59. The van der Waals surface area contributed by atoms with Crippen molar-refractivity contribution >= 4 is 29.5 Å². The first-order valence-electron chi connectivity index (χ1n) is 4.31. The van der Waals surface area contributed by atoms with Gasteiger partial charge in [-0.05, 0) is 18.3 Å². The molecule has 6 heteroatoms. The number of aromatic carboxylic acids is 1. The molecule has 0 amide bonds. The van der Waals surface area contributed by atoms with Crippen molar-refractivity contribution in [2.45, 2.75) is 0 Å². The molecule has 0 unspecified atom stereocenters. The molecule has 0 radical (unpaired) electrons. The van der Waals surface area contributed by atoms with Crippen LogP contribution in [0.2, 0.25) is 0 Å². The molecule has 0 spiro atoms. The van der Waals surface area contributed by atoms with Gasteiger partial charge in [0.2, 0.25) is 0 Å². The van der Waals surface area contributed by atoms with E-state index in [-0.39, 0.29) is 11.3 Å². The molecule has 0 fully saturated rings. The summed E-state index contributed by atoms with van der Waals surface area (Å²) < 4.78 is 13.8. The number of carboxylic acids is 1. The molecule has 0 saturated carbocycles. The van der Waals surface area contributed by atoms with Crippen LogP contribution in [0.5, 0.6) is 0 Å². The molecule has 2 rings (SSSR count). The summed E-state index contributed by atoms with van der Waals surface area (Å²) in [5.41, 5.74) is 0.178. The Hall–Kier alpha value is -1.53. The maximum Gasteiger partial charge on any atom is 0.353 e. The third kappa shape index (κ3) is 1.89. The number of halogens is 1. The topological polar surface area (TPSA) is 53.1 Å². The molecule has 0 aliphatic rings. The van der Waals surface area contributed by atoms with Gasteiger partial charge in [-0.25, -0.2) is 9.18 Å². The predicted molar refractivity (Wildman–Crippen MR) is 61.9 cm³/mol. The monoisotopic (exact) mass is 255 g/mol. The predicted octanol–water partition coefficient (Wildman–Crippen LogP) is 3.31. The fourth-order valence-corrected chi connectivity index (χ4v) is 2.52. The Labute approximate surface area is 99.2 Å². The Morgan fingerprint density at radius 2 is 2.12 bits per heavy atom. The highest BCUT2D eigenvalue weighted by Gasteiger charge is 2.17. The number of thiazole rings is 1. The lowest BCUT2D eigenvalue weighted by Gasteiger charge is -2.00. The summed E-state index contributed by atoms with van der Waals surface area (Å²) >= 11 is 5.91. The minimum Gasteiger partial charge on any atom is -0.477 e. The van der Waals surface area contributed by atoms with E-state index in [2.05, 4.69) is 4.98 Å². The van der Waals surface area contributed by atoms with Crippen LogP contribution < -0.4 is 0 Å². The highest BCUT2D eigenvalue weighted by molar-refractivity contribution is 7.73. The first kappa shape index (κ1) is 11.0. The maximum atomic E-state index is 13.5. The van der Waals surface area contributed by atoms with Crippen LogP contribution in [-0.4, -0.2) is 16.1 Å². The molecular formula is C10H6FNO2S2. The van der Waals surface area contributed by atoms with Crippen LogP contribution >= 0.6 is 23.6 Å². The molecule has 1 heterocycles. The van der Waals surface area contributed by atoms with E-state index in [1.165, 1.54) is 12.1 Å². The number of H-pyrrole nitrogens is 1. The summed E-state index contributed by atoms with van der Waals surface area (Å²) in [7, 11) is 0. The van der Waals surface area contributed by atoms with Crippen LogP contribution in [0, 0.1) is 9.77 Å². The third-order valence-corrected chi connectivity index (χ3v) is 3.25. The zero-order valence-electron chi connectivity index (χ0n) is 7.86. The van der Waals surface area contributed by atoms with E-state index in [9.17, 15) is 9.18 Å². The molecule has 0 bridgehead atoms. The van der Waals surface area contributed by atoms with Crippen LogP contribution in [0.1, 0.15) is 10.5 Å². The summed E-state index contributed by atoms with van der Waals surface area (Å²) in [4.78, 5) is 13.8. The zero-order chi connectivity index (χ0) is 11.7. The van der Waals surface area contributed by atoms with Gasteiger partial charge in [0.15, 0.2) is 3.95 Å². The number of rotatable bonds is 2. The molecular weight excluding hydrogens is 249 g/mol. The SMILES string of the molecule is O=C(O)c1[nH]c(=S)sc1-c1ccccc1F. The van der Waals surface area contributed by atoms with Gasteiger partial charge in [0.1, 0.15) is 11.5 Å². The van der Waals surface area contributed by atoms with Gasteiger partial charge in [0, 0.05) is 5.56 Å². The van der Waals surface area contributed by atoms with Crippen molar-refractivity contribution in [3.8, 4) is 10.4 Å². The number of aromatic nitrogens is 1. The van der Waals surface area contributed by atoms with Gasteiger partial charge in [-0.2, -0.15) is 0 Å². The average Bonchev–Trinajstić information content (AvgIpc) is 2.61. The van der Waals surface area contributed by atoms with Gasteiger partial charge in [-0.15, -0.1) is 11.3 Å². The molecule has 1 aromatic heterocycles. The number of carboxylic acid groups (broad SMARTS) is 1. The first-order valence-corrected chi connectivity index (χ1v) is 5.53. The Morgan fingerprint density at radius 1 is 1.44 bits per heavy atom. The van der Waals surface area contributed by atoms with Crippen LogP contribution in [0.4, 0.5) is 4.39 Å². The Bertz CT molecular complexity index is 603. The van der Waals surface area contributed by atoms with Crippen LogP contribution in [0.25, 0.3) is 10.4 Å². The molecule has 0 aliphatic heterocycles.